The largest absolute Gasteiger partial charge is 0.335 e. The summed E-state index contributed by atoms with van der Waals surface area (Å²) in [5.74, 6) is -0.352. The van der Waals surface area contributed by atoms with Crippen molar-refractivity contribution in [3.05, 3.63) is 69.9 Å². The lowest BCUT2D eigenvalue weighted by molar-refractivity contribution is 0.0741. The first-order valence-corrected chi connectivity index (χ1v) is 7.07. The van der Waals surface area contributed by atoms with Gasteiger partial charge in [0.25, 0.3) is 5.91 Å². The van der Waals surface area contributed by atoms with Crippen molar-refractivity contribution in [2.45, 2.75) is 13.0 Å². The smallest absolute Gasteiger partial charge is 0.255 e. The van der Waals surface area contributed by atoms with Gasteiger partial charge in [0.2, 0.25) is 0 Å². The van der Waals surface area contributed by atoms with Crippen LogP contribution < -0.4 is 0 Å². The third-order valence-corrected chi connectivity index (χ3v) is 4.05. The highest BCUT2D eigenvalue weighted by Crippen LogP contribution is 2.24. The van der Waals surface area contributed by atoms with Crippen molar-refractivity contribution in [3.63, 3.8) is 0 Å². The minimum atomic E-state index is -0.277. The summed E-state index contributed by atoms with van der Waals surface area (Å²) in [4.78, 5) is 14.1. The van der Waals surface area contributed by atoms with Gasteiger partial charge in [-0.25, -0.2) is 4.39 Å². The minimum absolute atomic E-state index is 0.0747. The van der Waals surface area contributed by atoms with Crippen LogP contribution in [0, 0.1) is 5.82 Å². The van der Waals surface area contributed by atoms with Crippen molar-refractivity contribution in [1.29, 1.82) is 0 Å². The van der Waals surface area contributed by atoms with Crippen LogP contribution >= 0.6 is 15.9 Å². The van der Waals surface area contributed by atoms with Gasteiger partial charge in [-0.2, -0.15) is 0 Å². The second kappa shape index (κ2) is 6.18. The van der Waals surface area contributed by atoms with Gasteiger partial charge in [0.05, 0.1) is 11.6 Å². The van der Waals surface area contributed by atoms with Crippen LogP contribution in [0.3, 0.4) is 0 Å². The van der Waals surface area contributed by atoms with Gasteiger partial charge in [-0.1, -0.05) is 24.3 Å². The number of rotatable bonds is 3. The Morgan fingerprint density at radius 1 is 1.15 bits per heavy atom. The molecule has 0 aliphatic heterocycles. The molecule has 0 radical (unpaired) electrons. The summed E-state index contributed by atoms with van der Waals surface area (Å²) in [5, 5.41) is 0. The maximum Gasteiger partial charge on any atom is 0.255 e. The molecule has 0 heterocycles. The van der Waals surface area contributed by atoms with Crippen molar-refractivity contribution in [3.8, 4) is 0 Å². The molecule has 2 aromatic rings. The molecule has 0 fully saturated rings. The third kappa shape index (κ3) is 3.07. The number of hydrogen-bond acceptors (Lipinski definition) is 1. The number of halogens is 2. The molecule has 0 aliphatic carbocycles. The Morgan fingerprint density at radius 2 is 1.75 bits per heavy atom. The molecule has 0 saturated heterocycles. The zero-order chi connectivity index (χ0) is 14.7. The molecule has 0 saturated carbocycles. The van der Waals surface area contributed by atoms with E-state index < -0.39 is 0 Å². The van der Waals surface area contributed by atoms with Crippen molar-refractivity contribution >= 4 is 21.8 Å². The molecule has 1 unspecified atom stereocenters. The molecule has 104 valence electrons. The summed E-state index contributed by atoms with van der Waals surface area (Å²) in [7, 11) is 1.75. The minimum Gasteiger partial charge on any atom is -0.335 e. The maximum absolute atomic E-state index is 12.9. The summed E-state index contributed by atoms with van der Waals surface area (Å²) in [6.07, 6.45) is 0. The van der Waals surface area contributed by atoms with Gasteiger partial charge in [0.1, 0.15) is 5.82 Å². The highest BCUT2D eigenvalue weighted by Gasteiger charge is 2.20. The molecule has 0 spiro atoms. The second-order valence-electron chi connectivity index (χ2n) is 4.62. The topological polar surface area (TPSA) is 20.3 Å². The zero-order valence-electron chi connectivity index (χ0n) is 11.3. The summed E-state index contributed by atoms with van der Waals surface area (Å²) in [6, 6.07) is 13.4. The van der Waals surface area contributed by atoms with E-state index in [0.717, 1.165) is 10.0 Å². The summed E-state index contributed by atoms with van der Waals surface area (Å²) in [5.41, 5.74) is 1.51. The van der Waals surface area contributed by atoms with E-state index >= 15 is 0 Å². The van der Waals surface area contributed by atoms with E-state index in [0.29, 0.717) is 5.56 Å². The quantitative estimate of drug-likeness (QED) is 0.812. The average molecular weight is 336 g/mol. The number of amides is 1. The summed E-state index contributed by atoms with van der Waals surface area (Å²) in [6.45, 7) is 1.92. The lowest BCUT2D eigenvalue weighted by atomic mass is 10.1. The predicted octanol–water partition coefficient (Wildman–Crippen LogP) is 4.42. The SMILES string of the molecule is CC(c1ccc(F)cc1)N(C)C(=O)c1ccccc1Br. The molecule has 0 aliphatic rings. The van der Waals surface area contributed by atoms with Crippen LogP contribution in [0.1, 0.15) is 28.9 Å². The fourth-order valence-electron chi connectivity index (χ4n) is 1.97. The zero-order valence-corrected chi connectivity index (χ0v) is 12.9. The highest BCUT2D eigenvalue weighted by molar-refractivity contribution is 9.10. The van der Waals surface area contributed by atoms with Gasteiger partial charge < -0.3 is 4.90 Å². The lowest BCUT2D eigenvalue weighted by Crippen LogP contribution is -2.29. The summed E-state index contributed by atoms with van der Waals surface area (Å²) < 4.78 is 13.7. The lowest BCUT2D eigenvalue weighted by Gasteiger charge is -2.26. The van der Waals surface area contributed by atoms with E-state index in [9.17, 15) is 9.18 Å². The van der Waals surface area contributed by atoms with E-state index in [-0.39, 0.29) is 17.8 Å². The number of hydrogen-bond donors (Lipinski definition) is 0. The monoisotopic (exact) mass is 335 g/mol. The van der Waals surface area contributed by atoms with E-state index in [1.165, 1.54) is 12.1 Å². The molecule has 2 rings (SSSR count). The van der Waals surface area contributed by atoms with Gasteiger partial charge in [0, 0.05) is 11.5 Å². The standard InChI is InChI=1S/C16H15BrFNO/c1-11(12-7-9-13(18)10-8-12)19(2)16(20)14-5-3-4-6-15(14)17/h3-11H,1-2H3. The molecule has 0 N–H and O–H groups in total. The Balaban J connectivity index is 2.22. The number of benzene rings is 2. The van der Waals surface area contributed by atoms with Crippen LogP contribution in [0.15, 0.2) is 53.0 Å². The molecule has 2 nitrogen and oxygen atoms in total. The van der Waals surface area contributed by atoms with Gasteiger partial charge in [0.15, 0.2) is 0 Å². The molecule has 1 atom stereocenters. The maximum atomic E-state index is 12.9. The van der Waals surface area contributed by atoms with Gasteiger partial charge in [-0.3, -0.25) is 4.79 Å². The Hall–Kier alpha value is -1.68. The Morgan fingerprint density at radius 3 is 2.35 bits per heavy atom. The van der Waals surface area contributed by atoms with Crippen molar-refractivity contribution < 1.29 is 9.18 Å². The van der Waals surface area contributed by atoms with Crippen LogP contribution in [-0.2, 0) is 0 Å². The predicted molar refractivity (Wildman–Crippen MR) is 81.1 cm³/mol. The van der Waals surface area contributed by atoms with Crippen LogP contribution in [0.25, 0.3) is 0 Å². The number of carbonyl (C=O) groups is 1. The van der Waals surface area contributed by atoms with Crippen LogP contribution in [0.2, 0.25) is 0 Å². The molecular weight excluding hydrogens is 321 g/mol. The molecule has 0 aromatic heterocycles. The van der Waals surface area contributed by atoms with E-state index in [1.807, 2.05) is 25.1 Å². The first kappa shape index (κ1) is 14.7. The number of nitrogens with zero attached hydrogens (tertiary/aromatic N) is 1. The molecule has 1 amide bonds. The highest BCUT2D eigenvalue weighted by atomic mass is 79.9. The molecule has 20 heavy (non-hydrogen) atoms. The fraction of sp³-hybridized carbons (Fsp3) is 0.188. The van der Waals surface area contributed by atoms with Crippen molar-refractivity contribution in [2.24, 2.45) is 0 Å². The first-order chi connectivity index (χ1) is 9.50. The van der Waals surface area contributed by atoms with E-state index in [4.69, 9.17) is 0 Å². The van der Waals surface area contributed by atoms with Crippen molar-refractivity contribution in [2.75, 3.05) is 7.05 Å². The Kier molecular flexibility index (Phi) is 4.55. The van der Waals surface area contributed by atoms with E-state index in [2.05, 4.69) is 15.9 Å². The van der Waals surface area contributed by atoms with Gasteiger partial charge in [-0.15, -0.1) is 0 Å². The second-order valence-corrected chi connectivity index (χ2v) is 5.48. The fourth-order valence-corrected chi connectivity index (χ4v) is 2.42. The van der Waals surface area contributed by atoms with E-state index in [1.54, 1.807) is 30.1 Å². The first-order valence-electron chi connectivity index (χ1n) is 6.28. The van der Waals surface area contributed by atoms with Crippen LogP contribution in [-0.4, -0.2) is 17.9 Å². The molecular formula is C16H15BrFNO. The summed E-state index contributed by atoms with van der Waals surface area (Å²) >= 11 is 3.38. The van der Waals surface area contributed by atoms with Gasteiger partial charge in [-0.05, 0) is 52.7 Å². The van der Waals surface area contributed by atoms with Crippen LogP contribution in [0.4, 0.5) is 4.39 Å². The molecule has 2 aromatic carbocycles. The Bertz CT molecular complexity index is 612. The number of carbonyl (C=O) groups excluding carboxylic acids is 1. The molecule has 0 bridgehead atoms. The Labute approximate surface area is 126 Å². The van der Waals surface area contributed by atoms with Gasteiger partial charge >= 0.3 is 0 Å². The van der Waals surface area contributed by atoms with Crippen molar-refractivity contribution in [1.82, 2.24) is 4.90 Å². The van der Waals surface area contributed by atoms with Crippen LogP contribution in [0.5, 0.6) is 0 Å². The normalized spacial score (nSPS) is 12.0. The third-order valence-electron chi connectivity index (χ3n) is 3.36. The molecule has 4 heteroatoms. The average Bonchev–Trinajstić information content (AvgIpc) is 2.46.